The first kappa shape index (κ1) is 18.8. The fourth-order valence-corrected chi connectivity index (χ4v) is 3.02. The molecule has 0 saturated carbocycles. The van der Waals surface area contributed by atoms with E-state index >= 15 is 0 Å². The molecule has 134 valence electrons. The van der Waals surface area contributed by atoms with Crippen molar-refractivity contribution in [1.29, 1.82) is 0 Å². The molecule has 7 heteroatoms. The van der Waals surface area contributed by atoms with E-state index < -0.39 is 0 Å². The third-order valence-corrected chi connectivity index (χ3v) is 4.60. The Morgan fingerprint density at radius 1 is 1.08 bits per heavy atom. The molecule has 3 aromatic rings. The Hall–Kier alpha value is -1.98. The summed E-state index contributed by atoms with van der Waals surface area (Å²) in [5.41, 5.74) is 7.27. The lowest BCUT2D eigenvalue weighted by Gasteiger charge is -2.16. The standard InChI is InChI=1S/C19H16Cl3N3O/c1-12(18-9-23-11-24-18)19(16-7-6-15(21)8-17(16)22)25-26-10-13-2-4-14(20)5-3-13/h2-9,11,25H,10H2,1H3,(H,23,24). The lowest BCUT2D eigenvalue weighted by atomic mass is 10.1. The van der Waals surface area contributed by atoms with Crippen molar-refractivity contribution < 1.29 is 4.84 Å². The van der Waals surface area contributed by atoms with Gasteiger partial charge >= 0.3 is 0 Å². The van der Waals surface area contributed by atoms with Crippen molar-refractivity contribution in [3.63, 3.8) is 0 Å². The molecule has 2 N–H and O–H groups in total. The number of aromatic nitrogens is 2. The van der Waals surface area contributed by atoms with Crippen molar-refractivity contribution in [1.82, 2.24) is 15.4 Å². The third kappa shape index (κ3) is 4.59. The van der Waals surface area contributed by atoms with Crippen LogP contribution in [0.1, 0.15) is 23.7 Å². The van der Waals surface area contributed by atoms with Crippen LogP contribution in [0.25, 0.3) is 11.3 Å². The van der Waals surface area contributed by atoms with Crippen LogP contribution < -0.4 is 5.48 Å². The van der Waals surface area contributed by atoms with Gasteiger partial charge < -0.3 is 4.98 Å². The quantitative estimate of drug-likeness (QED) is 0.493. The van der Waals surface area contributed by atoms with Crippen molar-refractivity contribution in [2.75, 3.05) is 0 Å². The summed E-state index contributed by atoms with van der Waals surface area (Å²) in [6.07, 6.45) is 3.36. The number of benzene rings is 2. The summed E-state index contributed by atoms with van der Waals surface area (Å²) in [6.45, 7) is 2.31. The Morgan fingerprint density at radius 2 is 1.81 bits per heavy atom. The molecule has 3 rings (SSSR count). The zero-order valence-corrected chi connectivity index (χ0v) is 16.2. The van der Waals surface area contributed by atoms with Crippen LogP contribution in [0.4, 0.5) is 0 Å². The second kappa shape index (κ2) is 8.60. The molecule has 1 heterocycles. The summed E-state index contributed by atoms with van der Waals surface area (Å²) >= 11 is 18.3. The van der Waals surface area contributed by atoms with Gasteiger partial charge in [-0.2, -0.15) is 0 Å². The van der Waals surface area contributed by atoms with Crippen LogP contribution in [0, 0.1) is 0 Å². The second-order valence-electron chi connectivity index (χ2n) is 5.61. The monoisotopic (exact) mass is 407 g/mol. The number of H-pyrrole nitrogens is 1. The van der Waals surface area contributed by atoms with E-state index in [0.717, 1.165) is 28.1 Å². The summed E-state index contributed by atoms with van der Waals surface area (Å²) in [5.74, 6) is 0. The average molecular weight is 409 g/mol. The highest BCUT2D eigenvalue weighted by Crippen LogP contribution is 2.30. The molecule has 0 fully saturated rings. The zero-order valence-electron chi connectivity index (χ0n) is 13.9. The van der Waals surface area contributed by atoms with Gasteiger partial charge in [0.05, 0.1) is 35.5 Å². The first-order chi connectivity index (χ1) is 12.5. The van der Waals surface area contributed by atoms with Gasteiger partial charge in [-0.25, -0.2) is 4.98 Å². The summed E-state index contributed by atoms with van der Waals surface area (Å²) < 4.78 is 0. The van der Waals surface area contributed by atoms with E-state index in [1.54, 1.807) is 24.7 Å². The molecule has 0 radical (unpaired) electrons. The molecule has 0 aliphatic heterocycles. The minimum absolute atomic E-state index is 0.363. The predicted octanol–water partition coefficient (Wildman–Crippen LogP) is 5.98. The van der Waals surface area contributed by atoms with Crippen LogP contribution in [0.15, 0.2) is 55.0 Å². The molecule has 0 aliphatic carbocycles. The van der Waals surface area contributed by atoms with Gasteiger partial charge in [0, 0.05) is 21.2 Å². The molecule has 0 saturated heterocycles. The summed E-state index contributed by atoms with van der Waals surface area (Å²) in [5, 5.41) is 1.78. The Bertz CT molecular complexity index is 906. The van der Waals surface area contributed by atoms with Crippen LogP contribution in [0.3, 0.4) is 0 Å². The van der Waals surface area contributed by atoms with Crippen molar-refractivity contribution in [3.8, 4) is 0 Å². The van der Waals surface area contributed by atoms with Crippen LogP contribution >= 0.6 is 34.8 Å². The predicted molar refractivity (Wildman–Crippen MR) is 107 cm³/mol. The maximum Gasteiger partial charge on any atom is 0.0996 e. The maximum atomic E-state index is 6.39. The van der Waals surface area contributed by atoms with E-state index in [-0.39, 0.29) is 0 Å². The third-order valence-electron chi connectivity index (χ3n) is 3.80. The highest BCUT2D eigenvalue weighted by molar-refractivity contribution is 6.35. The minimum Gasteiger partial charge on any atom is -0.345 e. The molecule has 0 unspecified atom stereocenters. The van der Waals surface area contributed by atoms with E-state index in [9.17, 15) is 0 Å². The highest BCUT2D eigenvalue weighted by Gasteiger charge is 2.13. The summed E-state index contributed by atoms with van der Waals surface area (Å²) in [6, 6.07) is 12.8. The van der Waals surface area contributed by atoms with Crippen molar-refractivity contribution in [2.24, 2.45) is 0 Å². The van der Waals surface area contributed by atoms with Crippen molar-refractivity contribution in [2.45, 2.75) is 13.5 Å². The molecule has 4 nitrogen and oxygen atoms in total. The van der Waals surface area contributed by atoms with E-state index in [0.29, 0.717) is 21.7 Å². The molecule has 0 aliphatic rings. The zero-order chi connectivity index (χ0) is 18.5. The fraction of sp³-hybridized carbons (Fsp3) is 0.105. The van der Waals surface area contributed by atoms with Crippen LogP contribution in [-0.4, -0.2) is 9.97 Å². The van der Waals surface area contributed by atoms with Crippen molar-refractivity contribution >= 4 is 46.1 Å². The van der Waals surface area contributed by atoms with Gasteiger partial charge in [-0.05, 0) is 42.8 Å². The highest BCUT2D eigenvalue weighted by atomic mass is 35.5. The van der Waals surface area contributed by atoms with E-state index in [4.69, 9.17) is 39.6 Å². The Morgan fingerprint density at radius 3 is 2.46 bits per heavy atom. The molecule has 0 atom stereocenters. The normalized spacial score (nSPS) is 12.0. The molecule has 2 aromatic carbocycles. The van der Waals surface area contributed by atoms with Crippen LogP contribution in [0.5, 0.6) is 0 Å². The number of imidazole rings is 1. The number of halogens is 3. The molecular weight excluding hydrogens is 393 g/mol. The van der Waals surface area contributed by atoms with Gasteiger partial charge in [-0.15, -0.1) is 0 Å². The topological polar surface area (TPSA) is 49.9 Å². The van der Waals surface area contributed by atoms with Gasteiger partial charge in [0.1, 0.15) is 0 Å². The lowest BCUT2D eigenvalue weighted by molar-refractivity contribution is 0.0648. The van der Waals surface area contributed by atoms with Gasteiger partial charge in [0.2, 0.25) is 0 Å². The van der Waals surface area contributed by atoms with Crippen LogP contribution in [0.2, 0.25) is 15.1 Å². The fourth-order valence-electron chi connectivity index (χ4n) is 2.39. The average Bonchev–Trinajstić information content (AvgIpc) is 3.15. The Balaban J connectivity index is 1.86. The Labute approximate surface area is 166 Å². The molecular formula is C19H16Cl3N3O. The number of hydroxylamine groups is 1. The molecule has 0 spiro atoms. The first-order valence-electron chi connectivity index (χ1n) is 7.82. The number of allylic oxidation sites excluding steroid dienone is 1. The molecule has 0 bridgehead atoms. The minimum atomic E-state index is 0.363. The number of nitrogens with zero attached hydrogens (tertiary/aromatic N) is 1. The molecule has 26 heavy (non-hydrogen) atoms. The van der Waals surface area contributed by atoms with Crippen LogP contribution in [-0.2, 0) is 11.4 Å². The SMILES string of the molecule is CC(=C(NOCc1ccc(Cl)cc1)c1ccc(Cl)cc1Cl)c1cnc[nH]1. The van der Waals surface area contributed by atoms with E-state index in [2.05, 4.69) is 15.4 Å². The Kier molecular flexibility index (Phi) is 6.22. The molecule has 0 amide bonds. The first-order valence-corrected chi connectivity index (χ1v) is 8.95. The number of hydrogen-bond donors (Lipinski definition) is 2. The summed E-state index contributed by atoms with van der Waals surface area (Å²) in [4.78, 5) is 12.9. The van der Waals surface area contributed by atoms with Gasteiger partial charge in [0.15, 0.2) is 0 Å². The van der Waals surface area contributed by atoms with Gasteiger partial charge in [0.25, 0.3) is 0 Å². The van der Waals surface area contributed by atoms with E-state index in [1.807, 2.05) is 37.3 Å². The lowest BCUT2D eigenvalue weighted by Crippen LogP contribution is -2.15. The van der Waals surface area contributed by atoms with Crippen molar-refractivity contribution in [3.05, 3.63) is 86.9 Å². The second-order valence-corrected chi connectivity index (χ2v) is 6.89. The maximum absolute atomic E-state index is 6.39. The van der Waals surface area contributed by atoms with Gasteiger partial charge in [-0.3, -0.25) is 10.3 Å². The van der Waals surface area contributed by atoms with E-state index in [1.165, 1.54) is 0 Å². The number of rotatable bonds is 6. The number of hydrogen-bond acceptors (Lipinski definition) is 3. The molecule has 1 aromatic heterocycles. The smallest absolute Gasteiger partial charge is 0.0996 e. The van der Waals surface area contributed by atoms with Gasteiger partial charge in [-0.1, -0.05) is 46.9 Å². The number of aromatic amines is 1. The largest absolute Gasteiger partial charge is 0.345 e. The number of nitrogens with one attached hydrogen (secondary N) is 2. The summed E-state index contributed by atoms with van der Waals surface area (Å²) in [7, 11) is 0.